The summed E-state index contributed by atoms with van der Waals surface area (Å²) in [5.41, 5.74) is 8.15. The summed E-state index contributed by atoms with van der Waals surface area (Å²) in [5.74, 6) is 1.30. The number of nitrogens with two attached hydrogens (primary N) is 1. The molecule has 0 amide bonds. The number of fused-ring (bicyclic) bond motifs is 1. The highest BCUT2D eigenvalue weighted by Gasteiger charge is 2.11. The Bertz CT molecular complexity index is 1030. The lowest BCUT2D eigenvalue weighted by Gasteiger charge is -2.08. The molecular formula is C17H17N7OS. The zero-order chi connectivity index (χ0) is 17.9. The average Bonchev–Trinajstić information content (AvgIpc) is 3.27. The summed E-state index contributed by atoms with van der Waals surface area (Å²) in [6.45, 7) is 0.0699. The van der Waals surface area contributed by atoms with Crippen LogP contribution < -0.4 is 11.1 Å². The summed E-state index contributed by atoms with van der Waals surface area (Å²) in [6, 6.07) is 13.3. The Labute approximate surface area is 153 Å². The van der Waals surface area contributed by atoms with E-state index in [0.717, 1.165) is 21.8 Å². The molecule has 3 aromatic heterocycles. The van der Waals surface area contributed by atoms with Gasteiger partial charge in [-0.15, -0.1) is 5.10 Å². The second-order valence-electron chi connectivity index (χ2n) is 5.63. The minimum absolute atomic E-state index is 0.0699. The highest BCUT2D eigenvalue weighted by molar-refractivity contribution is 7.99. The van der Waals surface area contributed by atoms with Gasteiger partial charge in [-0.05, 0) is 48.2 Å². The first kappa shape index (κ1) is 16.4. The fraction of sp³-hybridized carbons (Fsp3) is 0.118. The first-order valence-corrected chi connectivity index (χ1v) is 8.84. The molecule has 0 unspecified atom stereocenters. The summed E-state index contributed by atoms with van der Waals surface area (Å²) in [5, 5.41) is 24.5. The van der Waals surface area contributed by atoms with Gasteiger partial charge in [0.05, 0.1) is 0 Å². The van der Waals surface area contributed by atoms with Gasteiger partial charge < -0.3 is 16.2 Å². The van der Waals surface area contributed by atoms with Crippen molar-refractivity contribution in [1.29, 1.82) is 0 Å². The standard InChI is InChI=1S/C17H17N7OS/c18-11-3-5-13(6-4-11)26-17-20-16(14-2-1-8-24(14)23-17)19-15-10-12(7-9-25)21-22-15/h1-6,8,10,25H,7,9,18H2,(H2,19,20,21,22,23). The van der Waals surface area contributed by atoms with E-state index in [1.807, 2.05) is 48.7 Å². The van der Waals surface area contributed by atoms with Crippen molar-refractivity contribution in [2.45, 2.75) is 16.5 Å². The number of nitrogen functional groups attached to an aromatic ring is 1. The number of hydrogen-bond donors (Lipinski definition) is 4. The maximum absolute atomic E-state index is 9.02. The van der Waals surface area contributed by atoms with E-state index < -0.39 is 0 Å². The molecule has 0 fully saturated rings. The third kappa shape index (κ3) is 3.48. The van der Waals surface area contributed by atoms with Gasteiger partial charge in [-0.3, -0.25) is 5.10 Å². The van der Waals surface area contributed by atoms with Crippen LogP contribution in [-0.4, -0.2) is 36.5 Å². The lowest BCUT2D eigenvalue weighted by atomic mass is 10.3. The number of aliphatic hydroxyl groups is 1. The molecule has 0 aliphatic heterocycles. The van der Waals surface area contributed by atoms with E-state index in [2.05, 4.69) is 25.6 Å². The molecule has 8 nitrogen and oxygen atoms in total. The van der Waals surface area contributed by atoms with Crippen molar-refractivity contribution in [3.8, 4) is 0 Å². The Morgan fingerprint density at radius 2 is 2.08 bits per heavy atom. The smallest absolute Gasteiger partial charge is 0.214 e. The van der Waals surface area contributed by atoms with Crippen molar-refractivity contribution in [3.05, 3.63) is 54.4 Å². The summed E-state index contributed by atoms with van der Waals surface area (Å²) < 4.78 is 1.77. The molecule has 9 heteroatoms. The van der Waals surface area contributed by atoms with Crippen LogP contribution in [-0.2, 0) is 6.42 Å². The van der Waals surface area contributed by atoms with Crippen LogP contribution in [0.3, 0.4) is 0 Å². The largest absolute Gasteiger partial charge is 0.399 e. The maximum atomic E-state index is 9.02. The topological polar surface area (TPSA) is 117 Å². The van der Waals surface area contributed by atoms with Gasteiger partial charge in [0.25, 0.3) is 0 Å². The second kappa shape index (κ2) is 7.06. The molecule has 0 radical (unpaired) electrons. The van der Waals surface area contributed by atoms with E-state index in [1.165, 1.54) is 11.8 Å². The number of aliphatic hydroxyl groups excluding tert-OH is 1. The SMILES string of the molecule is Nc1ccc(Sc2nc(Nc3cc(CCO)[nH]n3)c3cccn3n2)cc1. The quantitative estimate of drug-likeness (QED) is 0.387. The molecule has 0 atom stereocenters. The highest BCUT2D eigenvalue weighted by Crippen LogP contribution is 2.28. The Morgan fingerprint density at radius 3 is 2.88 bits per heavy atom. The first-order valence-electron chi connectivity index (χ1n) is 8.02. The third-order valence-corrected chi connectivity index (χ3v) is 4.58. The molecule has 1 aromatic carbocycles. The van der Waals surface area contributed by atoms with Gasteiger partial charge in [0, 0.05) is 41.6 Å². The highest BCUT2D eigenvalue weighted by atomic mass is 32.2. The summed E-state index contributed by atoms with van der Waals surface area (Å²) in [4.78, 5) is 5.63. The molecule has 0 saturated carbocycles. The minimum Gasteiger partial charge on any atom is -0.399 e. The van der Waals surface area contributed by atoms with Gasteiger partial charge in [-0.2, -0.15) is 5.10 Å². The minimum atomic E-state index is 0.0699. The molecule has 0 spiro atoms. The normalized spacial score (nSPS) is 11.1. The van der Waals surface area contributed by atoms with Gasteiger partial charge in [0.15, 0.2) is 11.6 Å². The first-order chi connectivity index (χ1) is 12.7. The van der Waals surface area contributed by atoms with Gasteiger partial charge >= 0.3 is 0 Å². The molecule has 0 saturated heterocycles. The third-order valence-electron chi connectivity index (χ3n) is 3.72. The molecular weight excluding hydrogens is 350 g/mol. The van der Waals surface area contributed by atoms with Gasteiger partial charge in [0.1, 0.15) is 5.52 Å². The molecule has 0 bridgehead atoms. The Balaban J connectivity index is 1.64. The molecule has 4 rings (SSSR count). The van der Waals surface area contributed by atoms with Crippen LogP contribution in [0.25, 0.3) is 5.52 Å². The van der Waals surface area contributed by atoms with E-state index >= 15 is 0 Å². The van der Waals surface area contributed by atoms with E-state index in [9.17, 15) is 0 Å². The molecule has 0 aliphatic carbocycles. The van der Waals surface area contributed by atoms with Gasteiger partial charge in [-0.1, -0.05) is 0 Å². The monoisotopic (exact) mass is 367 g/mol. The van der Waals surface area contributed by atoms with E-state index in [-0.39, 0.29) is 6.61 Å². The van der Waals surface area contributed by atoms with Crippen LogP contribution >= 0.6 is 11.8 Å². The average molecular weight is 367 g/mol. The van der Waals surface area contributed by atoms with Crippen molar-refractivity contribution >= 4 is 34.6 Å². The number of aromatic amines is 1. The predicted molar refractivity (Wildman–Crippen MR) is 101 cm³/mol. The Kier molecular flexibility index (Phi) is 4.46. The molecule has 132 valence electrons. The van der Waals surface area contributed by atoms with Crippen LogP contribution in [0.2, 0.25) is 0 Å². The van der Waals surface area contributed by atoms with Crippen LogP contribution in [0.1, 0.15) is 5.69 Å². The Hall–Kier alpha value is -3.04. The van der Waals surface area contributed by atoms with Crippen molar-refractivity contribution in [2.24, 2.45) is 0 Å². The number of rotatable bonds is 6. The summed E-state index contributed by atoms with van der Waals surface area (Å²) >= 11 is 1.45. The molecule has 5 N–H and O–H groups in total. The van der Waals surface area contributed by atoms with Crippen LogP contribution in [0.15, 0.2) is 58.7 Å². The summed E-state index contributed by atoms with van der Waals surface area (Å²) in [7, 11) is 0. The number of benzene rings is 1. The van der Waals surface area contributed by atoms with Crippen LogP contribution in [0.5, 0.6) is 0 Å². The van der Waals surface area contributed by atoms with E-state index in [4.69, 9.17) is 10.8 Å². The summed E-state index contributed by atoms with van der Waals surface area (Å²) in [6.07, 6.45) is 2.40. The fourth-order valence-electron chi connectivity index (χ4n) is 2.49. The van der Waals surface area contributed by atoms with Crippen molar-refractivity contribution < 1.29 is 5.11 Å². The number of nitrogens with zero attached hydrogens (tertiary/aromatic N) is 4. The predicted octanol–water partition coefficient (Wildman–Crippen LogP) is 2.46. The van der Waals surface area contributed by atoms with Crippen LogP contribution in [0.4, 0.5) is 17.3 Å². The molecule has 0 aliphatic rings. The van der Waals surface area contributed by atoms with E-state index in [0.29, 0.717) is 23.2 Å². The van der Waals surface area contributed by atoms with Crippen molar-refractivity contribution in [2.75, 3.05) is 17.7 Å². The maximum Gasteiger partial charge on any atom is 0.214 e. The van der Waals surface area contributed by atoms with Crippen molar-refractivity contribution in [1.82, 2.24) is 24.8 Å². The molecule has 26 heavy (non-hydrogen) atoms. The Morgan fingerprint density at radius 1 is 1.23 bits per heavy atom. The van der Waals surface area contributed by atoms with E-state index in [1.54, 1.807) is 4.52 Å². The number of nitrogens with one attached hydrogen (secondary N) is 2. The zero-order valence-electron chi connectivity index (χ0n) is 13.8. The van der Waals surface area contributed by atoms with Gasteiger partial charge in [0.2, 0.25) is 5.16 Å². The molecule has 3 heterocycles. The van der Waals surface area contributed by atoms with Crippen molar-refractivity contribution in [3.63, 3.8) is 0 Å². The number of aromatic nitrogens is 5. The number of anilines is 3. The molecule has 4 aromatic rings. The lowest BCUT2D eigenvalue weighted by molar-refractivity contribution is 0.298. The van der Waals surface area contributed by atoms with Crippen LogP contribution in [0, 0.1) is 0 Å². The zero-order valence-corrected chi connectivity index (χ0v) is 14.6. The lowest BCUT2D eigenvalue weighted by Crippen LogP contribution is -2.02. The van der Waals surface area contributed by atoms with Gasteiger partial charge in [-0.25, -0.2) is 9.50 Å². The fourth-order valence-corrected chi connectivity index (χ4v) is 3.24. The second-order valence-corrected chi connectivity index (χ2v) is 6.67. The number of H-pyrrole nitrogens is 1. The number of hydrogen-bond acceptors (Lipinski definition) is 7.